The lowest BCUT2D eigenvalue weighted by molar-refractivity contribution is 0.141. The van der Waals surface area contributed by atoms with Crippen LogP contribution in [0.5, 0.6) is 0 Å². The van der Waals surface area contributed by atoms with Crippen molar-refractivity contribution in [3.05, 3.63) is 28.2 Å². The van der Waals surface area contributed by atoms with Gasteiger partial charge in [-0.1, -0.05) is 6.07 Å². The van der Waals surface area contributed by atoms with Gasteiger partial charge in [-0.3, -0.25) is 0 Å². The Bertz CT molecular complexity index is 302. The second kappa shape index (κ2) is 5.34. The van der Waals surface area contributed by atoms with Crippen molar-refractivity contribution in [2.75, 3.05) is 25.6 Å². The molecule has 0 heterocycles. The zero-order chi connectivity index (χ0) is 10.6. The third kappa shape index (κ3) is 2.97. The van der Waals surface area contributed by atoms with E-state index in [0.717, 1.165) is 10.9 Å². The van der Waals surface area contributed by atoms with Crippen LogP contribution in [0.4, 0.5) is 5.69 Å². The summed E-state index contributed by atoms with van der Waals surface area (Å²) in [6, 6.07) is 6.24. The minimum Gasteiger partial charge on any atom is -0.377 e. The number of rotatable bonds is 4. The fourth-order valence-electron chi connectivity index (χ4n) is 1.23. The van der Waals surface area contributed by atoms with Gasteiger partial charge in [0.05, 0.1) is 12.3 Å². The summed E-state index contributed by atoms with van der Waals surface area (Å²) in [6.07, 6.45) is 0.838. The van der Waals surface area contributed by atoms with Crippen LogP contribution < -0.4 is 10.8 Å². The number of hydrogen-bond donors (Lipinski definition) is 1. The zero-order valence-electron chi connectivity index (χ0n) is 8.46. The van der Waals surface area contributed by atoms with Gasteiger partial charge < -0.3 is 9.74 Å². The van der Waals surface area contributed by atoms with Gasteiger partial charge in [0.2, 0.25) is 0 Å². The van der Waals surface area contributed by atoms with E-state index in [9.17, 15) is 0 Å². The van der Waals surface area contributed by atoms with Crippen molar-refractivity contribution in [1.29, 1.82) is 0 Å². The van der Waals surface area contributed by atoms with E-state index in [1.165, 1.54) is 11.3 Å². The SMILES string of the molecule is CN(C)c1cc(CCON)ccc1Br. The summed E-state index contributed by atoms with van der Waals surface area (Å²) >= 11 is 3.50. The predicted octanol–water partition coefficient (Wildman–Crippen LogP) is 1.95. The second-order valence-electron chi connectivity index (χ2n) is 3.30. The average molecular weight is 259 g/mol. The van der Waals surface area contributed by atoms with Gasteiger partial charge in [-0.05, 0) is 40.0 Å². The Kier molecular flexibility index (Phi) is 4.38. The molecule has 0 radical (unpaired) electrons. The Hall–Kier alpha value is -0.580. The summed E-state index contributed by atoms with van der Waals surface area (Å²) in [5.74, 6) is 4.98. The monoisotopic (exact) mass is 258 g/mol. The summed E-state index contributed by atoms with van der Waals surface area (Å²) in [5, 5.41) is 0. The van der Waals surface area contributed by atoms with Crippen LogP contribution in [0.3, 0.4) is 0 Å². The van der Waals surface area contributed by atoms with E-state index in [0.29, 0.717) is 6.61 Å². The Balaban J connectivity index is 2.83. The normalized spacial score (nSPS) is 10.3. The Labute approximate surface area is 92.9 Å². The molecule has 3 nitrogen and oxygen atoms in total. The number of anilines is 1. The molecule has 1 aromatic rings. The Morgan fingerprint density at radius 2 is 2.14 bits per heavy atom. The summed E-state index contributed by atoms with van der Waals surface area (Å²) in [6.45, 7) is 0.550. The Morgan fingerprint density at radius 3 is 2.71 bits per heavy atom. The van der Waals surface area contributed by atoms with Crippen molar-refractivity contribution in [3.63, 3.8) is 0 Å². The molecule has 0 aliphatic rings. The van der Waals surface area contributed by atoms with E-state index in [4.69, 9.17) is 5.90 Å². The topological polar surface area (TPSA) is 38.5 Å². The van der Waals surface area contributed by atoms with Gasteiger partial charge in [0.15, 0.2) is 0 Å². The molecule has 0 unspecified atom stereocenters. The van der Waals surface area contributed by atoms with Crippen LogP contribution in [0.15, 0.2) is 22.7 Å². The lowest BCUT2D eigenvalue weighted by atomic mass is 10.1. The minimum absolute atomic E-state index is 0.550. The first-order valence-electron chi connectivity index (χ1n) is 4.42. The summed E-state index contributed by atoms with van der Waals surface area (Å²) in [4.78, 5) is 6.62. The largest absolute Gasteiger partial charge is 0.377 e. The van der Waals surface area contributed by atoms with Crippen molar-refractivity contribution >= 4 is 21.6 Å². The number of hydrogen-bond acceptors (Lipinski definition) is 3. The van der Waals surface area contributed by atoms with Crippen molar-refractivity contribution in [2.45, 2.75) is 6.42 Å². The summed E-state index contributed by atoms with van der Waals surface area (Å²) in [5.41, 5.74) is 2.39. The van der Waals surface area contributed by atoms with Crippen LogP contribution in [-0.2, 0) is 11.3 Å². The molecule has 0 saturated heterocycles. The summed E-state index contributed by atoms with van der Waals surface area (Å²) < 4.78 is 1.10. The number of nitrogens with zero attached hydrogens (tertiary/aromatic N) is 1. The molecule has 78 valence electrons. The third-order valence-electron chi connectivity index (χ3n) is 2.00. The second-order valence-corrected chi connectivity index (χ2v) is 4.16. The zero-order valence-corrected chi connectivity index (χ0v) is 10.0. The molecule has 0 aliphatic heterocycles. The maximum Gasteiger partial charge on any atom is 0.0719 e. The third-order valence-corrected chi connectivity index (χ3v) is 2.67. The summed E-state index contributed by atoms with van der Waals surface area (Å²) in [7, 11) is 4.03. The van der Waals surface area contributed by atoms with Crippen LogP contribution in [0.2, 0.25) is 0 Å². The standard InChI is InChI=1S/C10H15BrN2O/c1-13(2)10-7-8(5-6-14-12)3-4-9(10)11/h3-4,7H,5-6,12H2,1-2H3. The first-order chi connectivity index (χ1) is 6.65. The van der Waals surface area contributed by atoms with Gasteiger partial charge in [0, 0.05) is 18.6 Å². The molecule has 0 aliphatic carbocycles. The van der Waals surface area contributed by atoms with E-state index in [1.807, 2.05) is 20.2 Å². The molecule has 0 atom stereocenters. The van der Waals surface area contributed by atoms with Crippen LogP contribution >= 0.6 is 15.9 Å². The van der Waals surface area contributed by atoms with Crippen molar-refractivity contribution < 1.29 is 4.84 Å². The molecule has 0 aromatic heterocycles. The highest BCUT2D eigenvalue weighted by atomic mass is 79.9. The minimum atomic E-state index is 0.550. The molecule has 2 N–H and O–H groups in total. The smallest absolute Gasteiger partial charge is 0.0719 e. The van der Waals surface area contributed by atoms with E-state index in [1.54, 1.807) is 0 Å². The first-order valence-corrected chi connectivity index (χ1v) is 5.22. The fourth-order valence-corrected chi connectivity index (χ4v) is 1.83. The molecular weight excluding hydrogens is 244 g/mol. The number of halogens is 1. The van der Waals surface area contributed by atoms with Crippen LogP contribution in [0.25, 0.3) is 0 Å². The van der Waals surface area contributed by atoms with E-state index < -0.39 is 0 Å². The lowest BCUT2D eigenvalue weighted by Gasteiger charge is -2.15. The van der Waals surface area contributed by atoms with E-state index >= 15 is 0 Å². The van der Waals surface area contributed by atoms with Gasteiger partial charge >= 0.3 is 0 Å². The predicted molar refractivity (Wildman–Crippen MR) is 62.3 cm³/mol. The highest BCUT2D eigenvalue weighted by molar-refractivity contribution is 9.10. The molecule has 4 heteroatoms. The van der Waals surface area contributed by atoms with E-state index in [-0.39, 0.29) is 0 Å². The van der Waals surface area contributed by atoms with Gasteiger partial charge in [-0.15, -0.1) is 0 Å². The molecule has 0 bridgehead atoms. The lowest BCUT2D eigenvalue weighted by Crippen LogP contribution is -2.10. The molecule has 0 fully saturated rings. The van der Waals surface area contributed by atoms with Gasteiger partial charge in [0.25, 0.3) is 0 Å². The van der Waals surface area contributed by atoms with Crippen molar-refractivity contribution in [3.8, 4) is 0 Å². The van der Waals surface area contributed by atoms with Crippen molar-refractivity contribution in [2.24, 2.45) is 5.90 Å². The van der Waals surface area contributed by atoms with Crippen LogP contribution in [0.1, 0.15) is 5.56 Å². The van der Waals surface area contributed by atoms with Crippen LogP contribution in [-0.4, -0.2) is 20.7 Å². The van der Waals surface area contributed by atoms with Crippen molar-refractivity contribution in [1.82, 2.24) is 0 Å². The quantitative estimate of drug-likeness (QED) is 0.840. The molecular formula is C10H15BrN2O. The molecule has 1 rings (SSSR count). The average Bonchev–Trinajstić information content (AvgIpc) is 2.16. The van der Waals surface area contributed by atoms with E-state index in [2.05, 4.69) is 37.8 Å². The maximum atomic E-state index is 4.98. The molecule has 0 saturated carbocycles. The van der Waals surface area contributed by atoms with Gasteiger partial charge in [-0.2, -0.15) is 0 Å². The molecule has 14 heavy (non-hydrogen) atoms. The fraction of sp³-hybridized carbons (Fsp3) is 0.400. The number of benzene rings is 1. The van der Waals surface area contributed by atoms with Gasteiger partial charge in [0.1, 0.15) is 0 Å². The highest BCUT2D eigenvalue weighted by Gasteiger charge is 2.03. The molecule has 0 amide bonds. The van der Waals surface area contributed by atoms with Crippen LogP contribution in [0, 0.1) is 0 Å². The number of nitrogens with two attached hydrogens (primary N) is 1. The first kappa shape index (κ1) is 11.5. The highest BCUT2D eigenvalue weighted by Crippen LogP contribution is 2.25. The molecule has 0 spiro atoms. The molecule has 1 aromatic carbocycles. The Morgan fingerprint density at radius 1 is 1.43 bits per heavy atom. The maximum absolute atomic E-state index is 4.98. The van der Waals surface area contributed by atoms with Gasteiger partial charge in [-0.25, -0.2) is 5.90 Å².